The van der Waals surface area contributed by atoms with Gasteiger partial charge in [-0.15, -0.1) is 0 Å². The van der Waals surface area contributed by atoms with E-state index in [1.165, 1.54) is 6.08 Å². The van der Waals surface area contributed by atoms with Crippen molar-refractivity contribution in [2.24, 2.45) is 0 Å². The molecule has 82 valence electrons. The molecule has 0 aromatic carbocycles. The number of nitrogens with zero attached hydrogens (tertiary/aromatic N) is 1. The van der Waals surface area contributed by atoms with Crippen molar-refractivity contribution in [3.63, 3.8) is 0 Å². The third-order valence-electron chi connectivity index (χ3n) is 1.62. The van der Waals surface area contributed by atoms with Crippen LogP contribution in [-0.4, -0.2) is 36.6 Å². The van der Waals surface area contributed by atoms with Crippen LogP contribution in [0.1, 0.15) is 27.7 Å². The van der Waals surface area contributed by atoms with Crippen LogP contribution in [0.2, 0.25) is 0 Å². The van der Waals surface area contributed by atoms with Crippen molar-refractivity contribution in [1.82, 2.24) is 4.90 Å². The van der Waals surface area contributed by atoms with E-state index >= 15 is 0 Å². The Morgan fingerprint density at radius 1 is 1.43 bits per heavy atom. The van der Waals surface area contributed by atoms with E-state index in [1.54, 1.807) is 0 Å². The summed E-state index contributed by atoms with van der Waals surface area (Å²) in [4.78, 5) is 13.3. The maximum atomic E-state index is 11.2. The van der Waals surface area contributed by atoms with Crippen LogP contribution in [-0.2, 0) is 9.53 Å². The number of rotatable bonds is 4. The summed E-state index contributed by atoms with van der Waals surface area (Å²) in [6, 6.07) is 0. The Morgan fingerprint density at radius 3 is 2.43 bits per heavy atom. The summed E-state index contributed by atoms with van der Waals surface area (Å²) in [6.07, 6.45) is 3.30. The Kier molecular flexibility index (Phi) is 5.46. The van der Waals surface area contributed by atoms with Gasteiger partial charge in [0.1, 0.15) is 5.60 Å². The lowest BCUT2D eigenvalue weighted by molar-refractivity contribution is -0.148. The summed E-state index contributed by atoms with van der Waals surface area (Å²) in [5.74, 6) is -0.276. The molecule has 0 aliphatic rings. The molecule has 0 aromatic heterocycles. The monoisotopic (exact) mass is 199 g/mol. The molecule has 0 saturated heterocycles. The van der Waals surface area contributed by atoms with Gasteiger partial charge in [-0.2, -0.15) is 0 Å². The topological polar surface area (TPSA) is 29.5 Å². The van der Waals surface area contributed by atoms with Crippen LogP contribution >= 0.6 is 0 Å². The quantitative estimate of drug-likeness (QED) is 0.511. The molecular weight excluding hydrogens is 178 g/mol. The van der Waals surface area contributed by atoms with Crippen LogP contribution in [0.5, 0.6) is 0 Å². The zero-order valence-electron chi connectivity index (χ0n) is 9.83. The Balaban J connectivity index is 3.83. The normalized spacial score (nSPS) is 12.4. The molecule has 0 amide bonds. The number of esters is 1. The van der Waals surface area contributed by atoms with Crippen LogP contribution < -0.4 is 0 Å². The molecule has 3 nitrogen and oxygen atoms in total. The molecule has 0 unspecified atom stereocenters. The second-order valence-electron chi connectivity index (χ2n) is 4.29. The van der Waals surface area contributed by atoms with E-state index in [9.17, 15) is 4.79 Å². The zero-order chi connectivity index (χ0) is 11.2. The smallest absolute Gasteiger partial charge is 0.330 e. The molecule has 0 aliphatic carbocycles. The Bertz CT molecular complexity index is 204. The number of hydrogen-bond donors (Lipinski definition) is 0. The lowest BCUT2D eigenvalue weighted by Gasteiger charge is -2.18. The Hall–Kier alpha value is -0.830. The van der Waals surface area contributed by atoms with Crippen molar-refractivity contribution < 1.29 is 9.53 Å². The highest BCUT2D eigenvalue weighted by atomic mass is 16.6. The average Bonchev–Trinajstić information content (AvgIpc) is 2.00. The molecule has 0 N–H and O–H groups in total. The highest BCUT2D eigenvalue weighted by molar-refractivity contribution is 5.82. The third kappa shape index (κ3) is 7.80. The summed E-state index contributed by atoms with van der Waals surface area (Å²) in [7, 11) is 2.00. The summed E-state index contributed by atoms with van der Waals surface area (Å²) in [6.45, 7) is 9.39. The first-order valence-corrected chi connectivity index (χ1v) is 4.93. The van der Waals surface area contributed by atoms with Gasteiger partial charge in [0.05, 0.1) is 0 Å². The standard InChI is InChI=1S/C11H21NO2/c1-6-12(5)9-7-8-10(13)14-11(2,3)4/h7-8H,6,9H2,1-5H3/b8-7+. The molecule has 0 rings (SSSR count). The Morgan fingerprint density at radius 2 is 2.00 bits per heavy atom. The maximum absolute atomic E-state index is 11.2. The predicted octanol–water partition coefficient (Wildman–Crippen LogP) is 1.84. The van der Waals surface area contributed by atoms with Crippen molar-refractivity contribution in [1.29, 1.82) is 0 Å². The Labute approximate surface area is 86.7 Å². The van der Waals surface area contributed by atoms with Gasteiger partial charge >= 0.3 is 5.97 Å². The van der Waals surface area contributed by atoms with E-state index in [1.807, 2.05) is 33.9 Å². The molecule has 0 spiro atoms. The lowest BCUT2D eigenvalue weighted by Crippen LogP contribution is -2.23. The molecular formula is C11H21NO2. The molecule has 0 atom stereocenters. The first-order valence-electron chi connectivity index (χ1n) is 4.93. The molecule has 0 heterocycles. The summed E-state index contributed by atoms with van der Waals surface area (Å²) < 4.78 is 5.11. The third-order valence-corrected chi connectivity index (χ3v) is 1.62. The second-order valence-corrected chi connectivity index (χ2v) is 4.29. The second kappa shape index (κ2) is 5.81. The van der Waals surface area contributed by atoms with Gasteiger partial charge in [0.25, 0.3) is 0 Å². The number of carbonyl (C=O) groups excluding carboxylic acids is 1. The van der Waals surface area contributed by atoms with E-state index in [2.05, 4.69) is 11.8 Å². The van der Waals surface area contributed by atoms with Gasteiger partial charge in [0, 0.05) is 12.6 Å². The zero-order valence-corrected chi connectivity index (χ0v) is 9.83. The first kappa shape index (κ1) is 13.2. The minimum absolute atomic E-state index is 0.276. The SMILES string of the molecule is CCN(C)C/C=C/C(=O)OC(C)(C)C. The summed E-state index contributed by atoms with van der Waals surface area (Å²) >= 11 is 0. The fourth-order valence-corrected chi connectivity index (χ4v) is 0.794. The van der Waals surface area contributed by atoms with Gasteiger partial charge in [0.2, 0.25) is 0 Å². The fraction of sp³-hybridized carbons (Fsp3) is 0.727. The highest BCUT2D eigenvalue weighted by Crippen LogP contribution is 2.06. The molecule has 0 fully saturated rings. The highest BCUT2D eigenvalue weighted by Gasteiger charge is 2.13. The van der Waals surface area contributed by atoms with E-state index in [-0.39, 0.29) is 5.97 Å². The predicted molar refractivity (Wildman–Crippen MR) is 58.2 cm³/mol. The van der Waals surface area contributed by atoms with Crippen LogP contribution in [0, 0.1) is 0 Å². The molecule has 0 aliphatic heterocycles. The van der Waals surface area contributed by atoms with Gasteiger partial charge in [-0.05, 0) is 34.4 Å². The number of ether oxygens (including phenoxy) is 1. The van der Waals surface area contributed by atoms with Crippen molar-refractivity contribution in [3.8, 4) is 0 Å². The molecule has 0 saturated carbocycles. The van der Waals surface area contributed by atoms with Crippen LogP contribution in [0.25, 0.3) is 0 Å². The average molecular weight is 199 g/mol. The minimum Gasteiger partial charge on any atom is -0.457 e. The van der Waals surface area contributed by atoms with E-state index in [0.717, 1.165) is 13.1 Å². The van der Waals surface area contributed by atoms with Gasteiger partial charge in [0.15, 0.2) is 0 Å². The number of hydrogen-bond acceptors (Lipinski definition) is 3. The minimum atomic E-state index is -0.405. The summed E-state index contributed by atoms with van der Waals surface area (Å²) in [5, 5.41) is 0. The van der Waals surface area contributed by atoms with Crippen molar-refractivity contribution >= 4 is 5.97 Å². The van der Waals surface area contributed by atoms with Gasteiger partial charge < -0.3 is 9.64 Å². The van der Waals surface area contributed by atoms with Gasteiger partial charge in [-0.25, -0.2) is 4.79 Å². The van der Waals surface area contributed by atoms with Crippen LogP contribution in [0.15, 0.2) is 12.2 Å². The first-order chi connectivity index (χ1) is 6.35. The molecule has 0 bridgehead atoms. The van der Waals surface area contributed by atoms with Gasteiger partial charge in [-0.3, -0.25) is 0 Å². The van der Waals surface area contributed by atoms with E-state index in [4.69, 9.17) is 4.74 Å². The molecule has 0 radical (unpaired) electrons. The molecule has 0 aromatic rings. The number of carbonyl (C=O) groups is 1. The fourth-order valence-electron chi connectivity index (χ4n) is 0.794. The van der Waals surface area contributed by atoms with Crippen molar-refractivity contribution in [3.05, 3.63) is 12.2 Å². The van der Waals surface area contributed by atoms with Crippen molar-refractivity contribution in [2.75, 3.05) is 20.1 Å². The maximum Gasteiger partial charge on any atom is 0.330 e. The van der Waals surface area contributed by atoms with E-state index < -0.39 is 5.60 Å². The van der Waals surface area contributed by atoms with Crippen LogP contribution in [0.3, 0.4) is 0 Å². The molecule has 3 heteroatoms. The van der Waals surface area contributed by atoms with Crippen LogP contribution in [0.4, 0.5) is 0 Å². The largest absolute Gasteiger partial charge is 0.457 e. The summed E-state index contributed by atoms with van der Waals surface area (Å²) in [5.41, 5.74) is -0.405. The van der Waals surface area contributed by atoms with Crippen molar-refractivity contribution in [2.45, 2.75) is 33.3 Å². The lowest BCUT2D eigenvalue weighted by atomic mass is 10.2. The van der Waals surface area contributed by atoms with Gasteiger partial charge in [-0.1, -0.05) is 13.0 Å². The molecule has 14 heavy (non-hydrogen) atoms. The number of likely N-dealkylation sites (N-methyl/N-ethyl adjacent to an activating group) is 1. The van der Waals surface area contributed by atoms with E-state index in [0.29, 0.717) is 0 Å².